The third kappa shape index (κ3) is 9.10. The van der Waals surface area contributed by atoms with E-state index in [1.165, 1.54) is 45.3 Å². The van der Waals surface area contributed by atoms with Gasteiger partial charge in [0.15, 0.2) is 5.96 Å². The van der Waals surface area contributed by atoms with Crippen LogP contribution in [0.25, 0.3) is 0 Å². The molecule has 1 saturated heterocycles. The molecule has 0 aromatic carbocycles. The molecule has 2 aliphatic rings. The molecule has 1 aliphatic heterocycles. The van der Waals surface area contributed by atoms with E-state index in [-0.39, 0.29) is 24.0 Å². The number of likely N-dealkylation sites (tertiary alicyclic amines) is 1. The molecular weight excluding hydrogens is 403 g/mol. The van der Waals surface area contributed by atoms with Gasteiger partial charge in [-0.05, 0) is 57.0 Å². The van der Waals surface area contributed by atoms with Gasteiger partial charge in [0.25, 0.3) is 0 Å². The van der Waals surface area contributed by atoms with Crippen LogP contribution in [0.5, 0.6) is 0 Å². The van der Waals surface area contributed by atoms with Gasteiger partial charge >= 0.3 is 0 Å². The molecule has 0 spiro atoms. The lowest BCUT2D eigenvalue weighted by Gasteiger charge is -2.17. The van der Waals surface area contributed by atoms with Gasteiger partial charge in [0, 0.05) is 39.9 Å². The Balaban J connectivity index is 0.00000264. The maximum absolute atomic E-state index is 5.64. The summed E-state index contributed by atoms with van der Waals surface area (Å²) in [5.41, 5.74) is 0. The highest BCUT2D eigenvalue weighted by Gasteiger charge is 2.22. The van der Waals surface area contributed by atoms with Crippen LogP contribution in [0.1, 0.15) is 39.0 Å². The molecule has 0 bridgehead atoms. The SMILES string of the molecule is CCCN1CCC(CNC(=NC)NCCCOCC2CC2)C1.I. The molecule has 2 fully saturated rings. The number of rotatable bonds is 10. The Morgan fingerprint density at radius 1 is 1.22 bits per heavy atom. The molecule has 136 valence electrons. The fraction of sp³-hybridized carbons (Fsp3) is 0.941. The van der Waals surface area contributed by atoms with E-state index < -0.39 is 0 Å². The Bertz CT molecular complexity index is 337. The average Bonchev–Trinajstić information content (AvgIpc) is 3.25. The number of ether oxygens (including phenoxy) is 1. The maximum atomic E-state index is 5.64. The minimum absolute atomic E-state index is 0. The zero-order valence-corrected chi connectivity index (χ0v) is 17.2. The molecule has 23 heavy (non-hydrogen) atoms. The standard InChI is InChI=1S/C17H34N4O.HI/c1-3-9-21-10-7-16(13-21)12-20-17(18-2)19-8-4-11-22-14-15-5-6-15;/h15-16H,3-14H2,1-2H3,(H2,18,19,20);1H. The van der Waals surface area contributed by atoms with Gasteiger partial charge < -0.3 is 20.3 Å². The van der Waals surface area contributed by atoms with Crippen LogP contribution in [0.2, 0.25) is 0 Å². The van der Waals surface area contributed by atoms with E-state index in [2.05, 4.69) is 27.4 Å². The lowest BCUT2D eigenvalue weighted by atomic mass is 10.1. The summed E-state index contributed by atoms with van der Waals surface area (Å²) in [6, 6.07) is 0. The van der Waals surface area contributed by atoms with Crippen LogP contribution < -0.4 is 10.6 Å². The van der Waals surface area contributed by atoms with Crippen molar-refractivity contribution in [2.45, 2.75) is 39.0 Å². The van der Waals surface area contributed by atoms with E-state index >= 15 is 0 Å². The molecule has 0 aromatic rings. The quantitative estimate of drug-likeness (QED) is 0.238. The number of nitrogens with zero attached hydrogens (tertiary/aromatic N) is 2. The van der Waals surface area contributed by atoms with Crippen molar-refractivity contribution in [2.24, 2.45) is 16.8 Å². The summed E-state index contributed by atoms with van der Waals surface area (Å²) in [6.07, 6.45) is 6.34. The van der Waals surface area contributed by atoms with E-state index in [0.717, 1.165) is 50.5 Å². The molecule has 0 aromatic heterocycles. The highest BCUT2D eigenvalue weighted by atomic mass is 127. The van der Waals surface area contributed by atoms with E-state index in [1.807, 2.05) is 7.05 Å². The Kier molecular flexibility index (Phi) is 11.2. The molecule has 1 saturated carbocycles. The van der Waals surface area contributed by atoms with Crippen LogP contribution in [0.15, 0.2) is 4.99 Å². The number of hydrogen-bond acceptors (Lipinski definition) is 3. The van der Waals surface area contributed by atoms with Crippen molar-refractivity contribution < 1.29 is 4.74 Å². The third-order valence-corrected chi connectivity index (χ3v) is 4.50. The van der Waals surface area contributed by atoms with Crippen LogP contribution >= 0.6 is 24.0 Å². The zero-order chi connectivity index (χ0) is 15.6. The fourth-order valence-corrected chi connectivity index (χ4v) is 2.98. The molecule has 0 amide bonds. The molecule has 2 N–H and O–H groups in total. The molecule has 0 radical (unpaired) electrons. The number of aliphatic imine (C=N–C) groups is 1. The first-order chi connectivity index (χ1) is 10.8. The van der Waals surface area contributed by atoms with Crippen LogP contribution in [0.3, 0.4) is 0 Å². The lowest BCUT2D eigenvalue weighted by Crippen LogP contribution is -2.40. The minimum Gasteiger partial charge on any atom is -0.381 e. The van der Waals surface area contributed by atoms with Crippen LogP contribution in [-0.2, 0) is 4.74 Å². The van der Waals surface area contributed by atoms with Gasteiger partial charge in [0.2, 0.25) is 0 Å². The molecule has 6 heteroatoms. The molecule has 1 atom stereocenters. The van der Waals surface area contributed by atoms with E-state index in [4.69, 9.17) is 4.74 Å². The number of nitrogens with one attached hydrogen (secondary N) is 2. The fourth-order valence-electron chi connectivity index (χ4n) is 2.98. The smallest absolute Gasteiger partial charge is 0.190 e. The lowest BCUT2D eigenvalue weighted by molar-refractivity contribution is 0.123. The third-order valence-electron chi connectivity index (χ3n) is 4.50. The molecule has 1 aliphatic carbocycles. The van der Waals surface area contributed by atoms with Gasteiger partial charge in [-0.15, -0.1) is 24.0 Å². The van der Waals surface area contributed by atoms with E-state index in [0.29, 0.717) is 0 Å². The zero-order valence-electron chi connectivity index (χ0n) is 14.9. The van der Waals surface area contributed by atoms with Crippen LogP contribution in [0.4, 0.5) is 0 Å². The predicted molar refractivity (Wildman–Crippen MR) is 108 cm³/mol. The van der Waals surface area contributed by atoms with Gasteiger partial charge in [-0.2, -0.15) is 0 Å². The summed E-state index contributed by atoms with van der Waals surface area (Å²) >= 11 is 0. The first-order valence-corrected chi connectivity index (χ1v) is 9.06. The molecule has 1 unspecified atom stereocenters. The summed E-state index contributed by atoms with van der Waals surface area (Å²) in [6.45, 7) is 9.75. The topological polar surface area (TPSA) is 48.9 Å². The van der Waals surface area contributed by atoms with Gasteiger partial charge in [-0.3, -0.25) is 4.99 Å². The van der Waals surface area contributed by atoms with Gasteiger partial charge in [-0.1, -0.05) is 6.92 Å². The largest absolute Gasteiger partial charge is 0.381 e. The molecule has 5 nitrogen and oxygen atoms in total. The highest BCUT2D eigenvalue weighted by Crippen LogP contribution is 2.28. The Hall–Kier alpha value is -0.0800. The predicted octanol–water partition coefficient (Wildman–Crippen LogP) is 2.32. The molecule has 2 rings (SSSR count). The minimum atomic E-state index is 0. The van der Waals surface area contributed by atoms with Gasteiger partial charge in [-0.25, -0.2) is 0 Å². The second-order valence-corrected chi connectivity index (χ2v) is 6.71. The second-order valence-electron chi connectivity index (χ2n) is 6.71. The molecule has 1 heterocycles. The summed E-state index contributed by atoms with van der Waals surface area (Å²) in [7, 11) is 1.84. The van der Waals surface area contributed by atoms with Crippen LogP contribution in [0, 0.1) is 11.8 Å². The van der Waals surface area contributed by atoms with Gasteiger partial charge in [0.05, 0.1) is 0 Å². The molecular formula is C17H35IN4O. The summed E-state index contributed by atoms with van der Waals surface area (Å²) in [4.78, 5) is 6.87. The highest BCUT2D eigenvalue weighted by molar-refractivity contribution is 14.0. The van der Waals surface area contributed by atoms with E-state index in [9.17, 15) is 0 Å². The van der Waals surface area contributed by atoms with Crippen LogP contribution in [-0.4, -0.2) is 63.8 Å². The normalized spacial score (nSPS) is 22.0. The Labute approximate surface area is 159 Å². The summed E-state index contributed by atoms with van der Waals surface area (Å²) in [5, 5.41) is 6.84. The van der Waals surface area contributed by atoms with Gasteiger partial charge in [0.1, 0.15) is 0 Å². The monoisotopic (exact) mass is 438 g/mol. The van der Waals surface area contributed by atoms with Crippen molar-refractivity contribution in [2.75, 3.05) is 53.0 Å². The first-order valence-electron chi connectivity index (χ1n) is 9.06. The van der Waals surface area contributed by atoms with Crippen molar-refractivity contribution in [3.8, 4) is 0 Å². The van der Waals surface area contributed by atoms with Crippen molar-refractivity contribution in [3.63, 3.8) is 0 Å². The van der Waals surface area contributed by atoms with Crippen molar-refractivity contribution in [3.05, 3.63) is 0 Å². The Morgan fingerprint density at radius 2 is 2.04 bits per heavy atom. The maximum Gasteiger partial charge on any atom is 0.190 e. The average molecular weight is 438 g/mol. The number of hydrogen-bond donors (Lipinski definition) is 2. The second kappa shape index (κ2) is 12.3. The number of guanidine groups is 1. The number of halogens is 1. The van der Waals surface area contributed by atoms with Crippen molar-refractivity contribution in [1.29, 1.82) is 0 Å². The Morgan fingerprint density at radius 3 is 2.74 bits per heavy atom. The summed E-state index contributed by atoms with van der Waals surface area (Å²) < 4.78 is 5.64. The summed E-state index contributed by atoms with van der Waals surface area (Å²) in [5.74, 6) is 2.55. The first kappa shape index (κ1) is 21.0. The van der Waals surface area contributed by atoms with Crippen molar-refractivity contribution in [1.82, 2.24) is 15.5 Å². The van der Waals surface area contributed by atoms with Crippen molar-refractivity contribution >= 4 is 29.9 Å². The van der Waals surface area contributed by atoms with E-state index in [1.54, 1.807) is 0 Å².